The molecule has 4 aromatic rings. The van der Waals surface area contributed by atoms with Crippen molar-refractivity contribution in [3.05, 3.63) is 81.6 Å². The number of urea groups is 1. The minimum Gasteiger partial charge on any atom is -0.398 e. The van der Waals surface area contributed by atoms with Gasteiger partial charge in [-0.1, -0.05) is 38.1 Å². The van der Waals surface area contributed by atoms with Crippen molar-refractivity contribution in [3.8, 4) is 0 Å². The van der Waals surface area contributed by atoms with Gasteiger partial charge in [0.05, 0.1) is 22.3 Å². The minimum absolute atomic E-state index is 0.238. The molecular weight excluding hydrogens is 460 g/mol. The maximum atomic E-state index is 13.7. The van der Waals surface area contributed by atoms with Crippen molar-refractivity contribution in [3.63, 3.8) is 0 Å². The van der Waals surface area contributed by atoms with Crippen LogP contribution in [-0.2, 0) is 6.42 Å². The summed E-state index contributed by atoms with van der Waals surface area (Å²) in [5.74, 6) is -0.293. The number of thiazole rings is 1. The van der Waals surface area contributed by atoms with Crippen LogP contribution in [0.5, 0.6) is 0 Å². The molecule has 0 spiro atoms. The van der Waals surface area contributed by atoms with Crippen molar-refractivity contribution in [2.45, 2.75) is 32.2 Å². The number of fused-ring (bicyclic) bond motifs is 2. The molecule has 5 rings (SSSR count). The Morgan fingerprint density at radius 3 is 2.80 bits per heavy atom. The molecule has 1 unspecified atom stereocenters. The zero-order chi connectivity index (χ0) is 24.7. The summed E-state index contributed by atoms with van der Waals surface area (Å²) in [5, 5.41) is 5.16. The van der Waals surface area contributed by atoms with E-state index >= 15 is 0 Å². The Morgan fingerprint density at radius 2 is 2.03 bits per heavy atom. The van der Waals surface area contributed by atoms with Crippen LogP contribution in [-0.4, -0.2) is 33.4 Å². The molecule has 35 heavy (non-hydrogen) atoms. The Hall–Kier alpha value is -3.98. The fourth-order valence-electron chi connectivity index (χ4n) is 4.49. The Kier molecular flexibility index (Phi) is 5.86. The summed E-state index contributed by atoms with van der Waals surface area (Å²) in [7, 11) is 0. The molecular formula is C26H26N6O2S. The highest BCUT2D eigenvalue weighted by molar-refractivity contribution is 7.13. The molecule has 0 aliphatic carbocycles. The molecule has 1 aliphatic rings. The van der Waals surface area contributed by atoms with E-state index in [1.54, 1.807) is 17.3 Å². The van der Waals surface area contributed by atoms with E-state index in [0.717, 1.165) is 32.5 Å². The average molecular weight is 487 g/mol. The second kappa shape index (κ2) is 8.99. The number of primary amides is 1. The summed E-state index contributed by atoms with van der Waals surface area (Å²) in [6.07, 6.45) is 3.99. The quantitative estimate of drug-likeness (QED) is 0.361. The number of amides is 3. The Morgan fingerprint density at radius 1 is 1.20 bits per heavy atom. The van der Waals surface area contributed by atoms with Crippen LogP contribution in [0.2, 0.25) is 0 Å². The predicted molar refractivity (Wildman–Crippen MR) is 139 cm³/mol. The maximum absolute atomic E-state index is 13.7. The third-order valence-electron chi connectivity index (χ3n) is 6.34. The number of aromatic nitrogens is 2. The van der Waals surface area contributed by atoms with Gasteiger partial charge in [0.15, 0.2) is 5.01 Å². The molecule has 1 aliphatic heterocycles. The molecule has 3 amide bonds. The van der Waals surface area contributed by atoms with Crippen LogP contribution in [0.25, 0.3) is 10.8 Å². The number of nitrogen functional groups attached to an aromatic ring is 1. The number of nitrogens with one attached hydrogen (secondary N) is 1. The number of carbonyl (C=O) groups excluding carboxylic acids is 2. The van der Waals surface area contributed by atoms with E-state index in [9.17, 15) is 9.59 Å². The topological polar surface area (TPSA) is 127 Å². The molecule has 9 heteroatoms. The second-order valence-corrected chi connectivity index (χ2v) is 9.95. The highest BCUT2D eigenvalue weighted by Gasteiger charge is 2.37. The number of nitrogens with two attached hydrogens (primary N) is 2. The maximum Gasteiger partial charge on any atom is 0.322 e. The molecule has 8 nitrogen and oxygen atoms in total. The lowest BCUT2D eigenvalue weighted by atomic mass is 9.92. The van der Waals surface area contributed by atoms with Gasteiger partial charge in [-0.25, -0.2) is 9.78 Å². The highest BCUT2D eigenvalue weighted by Crippen LogP contribution is 2.42. The Labute approximate surface area is 207 Å². The van der Waals surface area contributed by atoms with Gasteiger partial charge in [0.25, 0.3) is 5.91 Å². The van der Waals surface area contributed by atoms with Crippen LogP contribution in [0.1, 0.15) is 57.3 Å². The Bertz CT molecular complexity index is 1440. The van der Waals surface area contributed by atoms with E-state index in [1.807, 2.05) is 42.5 Å². The van der Waals surface area contributed by atoms with E-state index in [2.05, 4.69) is 29.1 Å². The first-order chi connectivity index (χ1) is 16.8. The van der Waals surface area contributed by atoms with Gasteiger partial charge in [-0.15, -0.1) is 11.3 Å². The first-order valence-corrected chi connectivity index (χ1v) is 12.2. The summed E-state index contributed by atoms with van der Waals surface area (Å²) >= 11 is 1.23. The molecule has 0 saturated heterocycles. The van der Waals surface area contributed by atoms with E-state index in [-0.39, 0.29) is 17.0 Å². The lowest BCUT2D eigenvalue weighted by Gasteiger charge is -2.36. The number of hydrogen-bond acceptors (Lipinski definition) is 6. The van der Waals surface area contributed by atoms with Crippen molar-refractivity contribution in [2.75, 3.05) is 17.6 Å². The van der Waals surface area contributed by atoms with Crippen LogP contribution < -0.4 is 16.8 Å². The highest BCUT2D eigenvalue weighted by atomic mass is 32.1. The summed E-state index contributed by atoms with van der Waals surface area (Å²) < 4.78 is 0. The summed E-state index contributed by atoms with van der Waals surface area (Å²) in [6, 6.07) is 12.8. The van der Waals surface area contributed by atoms with Crippen molar-refractivity contribution < 1.29 is 9.59 Å². The molecule has 5 N–H and O–H groups in total. The van der Waals surface area contributed by atoms with E-state index in [1.165, 1.54) is 11.3 Å². The number of rotatable bonds is 4. The molecule has 3 heterocycles. The van der Waals surface area contributed by atoms with Crippen LogP contribution in [0.15, 0.2) is 54.9 Å². The van der Waals surface area contributed by atoms with Gasteiger partial charge >= 0.3 is 6.03 Å². The summed E-state index contributed by atoms with van der Waals surface area (Å²) in [4.78, 5) is 36.8. The van der Waals surface area contributed by atoms with Crippen molar-refractivity contribution >= 4 is 45.4 Å². The molecule has 178 valence electrons. The molecule has 0 saturated carbocycles. The smallest absolute Gasteiger partial charge is 0.322 e. The van der Waals surface area contributed by atoms with Crippen molar-refractivity contribution in [2.24, 2.45) is 5.73 Å². The minimum atomic E-state index is -0.576. The number of hydrogen-bond donors (Lipinski definition) is 3. The number of pyridine rings is 1. The lowest BCUT2D eigenvalue weighted by Crippen LogP contribution is -2.42. The molecule has 0 radical (unpaired) electrons. The van der Waals surface area contributed by atoms with Crippen LogP contribution in [0.3, 0.4) is 0 Å². The van der Waals surface area contributed by atoms with Gasteiger partial charge in [-0.3, -0.25) is 9.78 Å². The molecule has 1 atom stereocenters. The number of carbonyl (C=O) groups is 2. The van der Waals surface area contributed by atoms with E-state index in [4.69, 9.17) is 11.5 Å². The first-order valence-electron chi connectivity index (χ1n) is 11.4. The summed E-state index contributed by atoms with van der Waals surface area (Å²) in [5.41, 5.74) is 16.0. The molecule has 2 aromatic carbocycles. The fourth-order valence-corrected chi connectivity index (χ4v) is 5.59. The van der Waals surface area contributed by atoms with Crippen LogP contribution in [0, 0.1) is 0 Å². The third-order valence-corrected chi connectivity index (χ3v) is 7.51. The number of nitrogens with zero attached hydrogens (tertiary/aromatic N) is 3. The molecule has 0 fully saturated rings. The largest absolute Gasteiger partial charge is 0.398 e. The van der Waals surface area contributed by atoms with Gasteiger partial charge in [0.1, 0.15) is 0 Å². The van der Waals surface area contributed by atoms with E-state index < -0.39 is 11.9 Å². The zero-order valence-electron chi connectivity index (χ0n) is 19.5. The van der Waals surface area contributed by atoms with Crippen molar-refractivity contribution in [1.29, 1.82) is 0 Å². The lowest BCUT2D eigenvalue weighted by molar-refractivity contribution is 0.0999. The van der Waals surface area contributed by atoms with Gasteiger partial charge in [0.2, 0.25) is 0 Å². The standard InChI is InChI=1S/C26H26N6O2S/c1-14(2)15-6-7-19(27)18(12-15)22-23-21(30-25(35-23)24(28)33)9-11-32(22)26(34)31-20-5-3-4-16-13-29-10-8-17(16)20/h3-8,10,12-14,22H,9,11,27H2,1-2H3,(H2,28,33)(H,31,34). The van der Waals surface area contributed by atoms with Gasteiger partial charge in [-0.05, 0) is 29.7 Å². The monoisotopic (exact) mass is 486 g/mol. The normalized spacial score (nSPS) is 15.3. The number of anilines is 2. The van der Waals surface area contributed by atoms with Gasteiger partial charge in [0, 0.05) is 47.4 Å². The van der Waals surface area contributed by atoms with Gasteiger partial charge in [-0.2, -0.15) is 0 Å². The third kappa shape index (κ3) is 4.19. The fraction of sp³-hybridized carbons (Fsp3) is 0.231. The molecule has 0 bridgehead atoms. The van der Waals surface area contributed by atoms with E-state index in [0.29, 0.717) is 24.3 Å². The predicted octanol–water partition coefficient (Wildman–Crippen LogP) is 4.68. The first kappa shape index (κ1) is 22.8. The average Bonchev–Trinajstić information content (AvgIpc) is 3.29. The Balaban J connectivity index is 1.59. The van der Waals surface area contributed by atoms with Gasteiger partial charge < -0.3 is 21.7 Å². The number of benzene rings is 2. The second-order valence-electron chi connectivity index (χ2n) is 8.92. The zero-order valence-corrected chi connectivity index (χ0v) is 20.3. The SMILES string of the molecule is CC(C)c1ccc(N)c(C2c3sc(C(N)=O)nc3CCN2C(=O)Nc2cccc3cnccc23)c1. The van der Waals surface area contributed by atoms with Crippen molar-refractivity contribution in [1.82, 2.24) is 14.9 Å². The summed E-state index contributed by atoms with van der Waals surface area (Å²) in [6.45, 7) is 4.64. The van der Waals surface area contributed by atoms with Crippen LogP contribution in [0.4, 0.5) is 16.2 Å². The van der Waals surface area contributed by atoms with Crippen LogP contribution >= 0.6 is 11.3 Å². The molecule has 2 aromatic heterocycles.